The van der Waals surface area contributed by atoms with Gasteiger partial charge in [-0.3, -0.25) is 4.72 Å². The van der Waals surface area contributed by atoms with Crippen molar-refractivity contribution in [2.24, 2.45) is 0 Å². The topological polar surface area (TPSA) is 109 Å². The molecule has 19 heavy (non-hydrogen) atoms. The van der Waals surface area contributed by atoms with Gasteiger partial charge in [0, 0.05) is 5.69 Å². The third-order valence-corrected chi connectivity index (χ3v) is 5.26. The van der Waals surface area contributed by atoms with Crippen molar-refractivity contribution in [2.75, 3.05) is 10.5 Å². The molecule has 1 aromatic heterocycles. The molecule has 0 spiro atoms. The van der Waals surface area contributed by atoms with Gasteiger partial charge in [0.2, 0.25) is 0 Å². The van der Waals surface area contributed by atoms with Gasteiger partial charge in [-0.05, 0) is 24.6 Å². The first kappa shape index (κ1) is 13.6. The molecule has 100 valence electrons. The summed E-state index contributed by atoms with van der Waals surface area (Å²) in [6.07, 6.45) is 0.226. The maximum atomic E-state index is 11.9. The second kappa shape index (κ2) is 5.03. The van der Waals surface area contributed by atoms with Gasteiger partial charge in [-0.1, -0.05) is 18.3 Å². The molecule has 8 heteroatoms. The molecule has 1 aromatic carbocycles. The summed E-state index contributed by atoms with van der Waals surface area (Å²) < 4.78 is 27.0. The highest BCUT2D eigenvalue weighted by Crippen LogP contribution is 2.28. The van der Waals surface area contributed by atoms with E-state index < -0.39 is 15.3 Å². The van der Waals surface area contributed by atoms with Crippen molar-refractivity contribution >= 4 is 42.4 Å². The van der Waals surface area contributed by atoms with E-state index >= 15 is 0 Å². The molecule has 6 nitrogen and oxygen atoms in total. The minimum Gasteiger partial charge on any atom is -0.399 e. The molecule has 0 aliphatic carbocycles. The average molecular weight is 296 g/mol. The van der Waals surface area contributed by atoms with E-state index in [2.05, 4.69) is 9.71 Å². The zero-order valence-electron chi connectivity index (χ0n) is 10.1. The quantitative estimate of drug-likeness (QED) is 0.838. The number of fused-ring (bicyclic) bond motifs is 1. The van der Waals surface area contributed by atoms with Gasteiger partial charge in [-0.2, -0.15) is 5.26 Å². The fourth-order valence-corrected chi connectivity index (χ4v) is 3.85. The monoisotopic (exact) mass is 296 g/mol. The van der Waals surface area contributed by atoms with Crippen LogP contribution in [0.25, 0.3) is 10.2 Å². The van der Waals surface area contributed by atoms with Crippen LogP contribution in [0.3, 0.4) is 0 Å². The van der Waals surface area contributed by atoms with Crippen molar-refractivity contribution < 1.29 is 8.42 Å². The molecule has 0 radical (unpaired) electrons. The lowest BCUT2D eigenvalue weighted by atomic mass is 10.3. The predicted octanol–water partition coefficient (Wildman–Crippen LogP) is 1.92. The molecule has 0 bridgehead atoms. The number of nitrogens with zero attached hydrogens (tertiary/aromatic N) is 2. The SMILES string of the molecule is CCC(C#N)S(=O)(=O)Nc1nc2ccc(N)cc2s1. The Labute approximate surface area is 114 Å². The Kier molecular flexibility index (Phi) is 3.59. The summed E-state index contributed by atoms with van der Waals surface area (Å²) in [4.78, 5) is 4.15. The number of thiazole rings is 1. The molecule has 1 unspecified atom stereocenters. The maximum Gasteiger partial charge on any atom is 0.250 e. The molecule has 1 heterocycles. The summed E-state index contributed by atoms with van der Waals surface area (Å²) in [6, 6.07) is 6.91. The van der Waals surface area contributed by atoms with E-state index in [-0.39, 0.29) is 11.6 Å². The lowest BCUT2D eigenvalue weighted by Gasteiger charge is -2.07. The number of benzene rings is 1. The highest BCUT2D eigenvalue weighted by atomic mass is 32.2. The highest BCUT2D eigenvalue weighted by molar-refractivity contribution is 7.93. The van der Waals surface area contributed by atoms with E-state index in [9.17, 15) is 8.42 Å². The number of nitrogen functional groups attached to an aromatic ring is 1. The normalized spacial score (nSPS) is 13.1. The van der Waals surface area contributed by atoms with Crippen molar-refractivity contribution in [2.45, 2.75) is 18.6 Å². The van der Waals surface area contributed by atoms with Crippen LogP contribution in [0.1, 0.15) is 13.3 Å². The van der Waals surface area contributed by atoms with Crippen LogP contribution in [0.4, 0.5) is 10.8 Å². The Morgan fingerprint density at radius 1 is 1.58 bits per heavy atom. The molecular weight excluding hydrogens is 284 g/mol. The average Bonchev–Trinajstić information content (AvgIpc) is 2.70. The van der Waals surface area contributed by atoms with Crippen molar-refractivity contribution in [3.8, 4) is 6.07 Å². The second-order valence-corrected chi connectivity index (χ2v) is 6.81. The summed E-state index contributed by atoms with van der Waals surface area (Å²) in [5, 5.41) is 7.98. The number of hydrogen-bond acceptors (Lipinski definition) is 6. The first-order valence-corrected chi connectivity index (χ1v) is 7.90. The minimum absolute atomic E-state index is 0.226. The smallest absolute Gasteiger partial charge is 0.250 e. The van der Waals surface area contributed by atoms with Gasteiger partial charge in [0.15, 0.2) is 10.4 Å². The van der Waals surface area contributed by atoms with Crippen LogP contribution in [0.15, 0.2) is 18.2 Å². The van der Waals surface area contributed by atoms with Gasteiger partial charge < -0.3 is 5.73 Å². The molecular formula is C11H12N4O2S2. The van der Waals surface area contributed by atoms with Gasteiger partial charge >= 0.3 is 0 Å². The molecule has 0 saturated heterocycles. The number of hydrogen-bond donors (Lipinski definition) is 2. The Hall–Kier alpha value is -1.85. The van der Waals surface area contributed by atoms with Crippen LogP contribution >= 0.6 is 11.3 Å². The van der Waals surface area contributed by atoms with E-state index in [1.165, 1.54) is 11.3 Å². The van der Waals surface area contributed by atoms with Crippen molar-refractivity contribution in [3.63, 3.8) is 0 Å². The fourth-order valence-electron chi connectivity index (χ4n) is 1.56. The zero-order chi connectivity index (χ0) is 14.0. The molecule has 0 saturated carbocycles. The van der Waals surface area contributed by atoms with Crippen LogP contribution in [-0.4, -0.2) is 18.7 Å². The first-order valence-electron chi connectivity index (χ1n) is 5.53. The molecule has 0 aliphatic rings. The molecule has 0 aliphatic heterocycles. The first-order chi connectivity index (χ1) is 8.96. The number of rotatable bonds is 4. The van der Waals surface area contributed by atoms with Gasteiger partial charge in [-0.15, -0.1) is 0 Å². The van der Waals surface area contributed by atoms with Crippen LogP contribution in [-0.2, 0) is 10.0 Å². The predicted molar refractivity (Wildman–Crippen MR) is 76.3 cm³/mol. The number of sulfonamides is 1. The van der Waals surface area contributed by atoms with E-state index in [1.54, 1.807) is 31.2 Å². The van der Waals surface area contributed by atoms with Crippen molar-refractivity contribution in [1.82, 2.24) is 4.98 Å². The van der Waals surface area contributed by atoms with E-state index in [0.717, 1.165) is 4.70 Å². The lowest BCUT2D eigenvalue weighted by Crippen LogP contribution is -2.25. The van der Waals surface area contributed by atoms with Gasteiger partial charge in [-0.25, -0.2) is 13.4 Å². The van der Waals surface area contributed by atoms with Gasteiger partial charge in [0.25, 0.3) is 10.0 Å². The summed E-state index contributed by atoms with van der Waals surface area (Å²) in [5.41, 5.74) is 6.91. The molecule has 2 rings (SSSR count). The number of nitrogens with one attached hydrogen (secondary N) is 1. The fraction of sp³-hybridized carbons (Fsp3) is 0.273. The number of aromatic nitrogens is 1. The summed E-state index contributed by atoms with van der Waals surface area (Å²) in [5.74, 6) is 0. The van der Waals surface area contributed by atoms with Gasteiger partial charge in [0.1, 0.15) is 0 Å². The van der Waals surface area contributed by atoms with Crippen LogP contribution < -0.4 is 10.5 Å². The molecule has 0 fully saturated rings. The van der Waals surface area contributed by atoms with E-state index in [0.29, 0.717) is 11.2 Å². The van der Waals surface area contributed by atoms with E-state index in [1.807, 2.05) is 0 Å². The number of anilines is 2. The summed E-state index contributed by atoms with van der Waals surface area (Å²) in [7, 11) is -3.73. The Balaban J connectivity index is 2.34. The summed E-state index contributed by atoms with van der Waals surface area (Å²) >= 11 is 1.19. The molecule has 0 amide bonds. The van der Waals surface area contributed by atoms with Crippen LogP contribution in [0.5, 0.6) is 0 Å². The second-order valence-electron chi connectivity index (χ2n) is 3.92. The third-order valence-electron chi connectivity index (χ3n) is 2.53. The molecule has 2 aromatic rings. The Morgan fingerprint density at radius 3 is 2.95 bits per heavy atom. The largest absolute Gasteiger partial charge is 0.399 e. The van der Waals surface area contributed by atoms with Crippen molar-refractivity contribution in [1.29, 1.82) is 5.26 Å². The molecule has 1 atom stereocenters. The Bertz CT molecular complexity index is 746. The zero-order valence-corrected chi connectivity index (χ0v) is 11.8. The van der Waals surface area contributed by atoms with Crippen LogP contribution in [0.2, 0.25) is 0 Å². The maximum absolute atomic E-state index is 11.9. The van der Waals surface area contributed by atoms with Crippen LogP contribution in [0, 0.1) is 11.3 Å². The Morgan fingerprint density at radius 2 is 2.32 bits per heavy atom. The number of nitrogens with two attached hydrogens (primary N) is 1. The minimum atomic E-state index is -3.73. The summed E-state index contributed by atoms with van der Waals surface area (Å²) in [6.45, 7) is 1.65. The highest BCUT2D eigenvalue weighted by Gasteiger charge is 2.24. The van der Waals surface area contributed by atoms with E-state index in [4.69, 9.17) is 11.0 Å². The standard InChI is InChI=1S/C11H12N4O2S2/c1-2-8(6-12)19(16,17)15-11-14-9-4-3-7(13)5-10(9)18-11/h3-5,8H,2,13H2,1H3,(H,14,15). The van der Waals surface area contributed by atoms with Gasteiger partial charge in [0.05, 0.1) is 16.3 Å². The van der Waals surface area contributed by atoms with Crippen molar-refractivity contribution in [3.05, 3.63) is 18.2 Å². The molecule has 3 N–H and O–H groups in total. The lowest BCUT2D eigenvalue weighted by molar-refractivity contribution is 0.593. The third kappa shape index (κ3) is 2.77. The number of nitriles is 1.